The molecule has 0 radical (unpaired) electrons. The Morgan fingerprint density at radius 3 is 3.16 bits per heavy atom. The molecule has 4 rings (SSSR count). The highest BCUT2D eigenvalue weighted by molar-refractivity contribution is 7.12. The van der Waals surface area contributed by atoms with Crippen LogP contribution >= 0.6 is 11.3 Å². The predicted molar refractivity (Wildman–Crippen MR) is 74.1 cm³/mol. The van der Waals surface area contributed by atoms with E-state index in [4.69, 9.17) is 4.98 Å². The molecule has 19 heavy (non-hydrogen) atoms. The molecule has 1 aliphatic carbocycles. The van der Waals surface area contributed by atoms with Crippen molar-refractivity contribution in [2.24, 2.45) is 0 Å². The number of thiazole rings is 1. The zero-order valence-corrected chi connectivity index (χ0v) is 11.1. The second-order valence-corrected chi connectivity index (χ2v) is 5.81. The lowest BCUT2D eigenvalue weighted by molar-refractivity contribution is 0.935. The molecule has 0 unspecified atom stereocenters. The topological polar surface area (TPSA) is 54.5 Å². The van der Waals surface area contributed by atoms with Crippen LogP contribution in [0.15, 0.2) is 30.9 Å². The van der Waals surface area contributed by atoms with Crippen molar-refractivity contribution in [3.8, 4) is 11.4 Å². The summed E-state index contributed by atoms with van der Waals surface area (Å²) in [6, 6.07) is 4.15. The number of fused-ring (bicyclic) bond motifs is 3. The van der Waals surface area contributed by atoms with Crippen LogP contribution in [0, 0.1) is 0 Å². The number of aromatic amines is 1. The number of hydrogen-bond acceptors (Lipinski definition) is 4. The third-order valence-corrected chi connectivity index (χ3v) is 4.49. The van der Waals surface area contributed by atoms with Gasteiger partial charge in [0.1, 0.15) is 5.69 Å². The summed E-state index contributed by atoms with van der Waals surface area (Å²) in [5.41, 5.74) is 4.57. The third-order valence-electron chi connectivity index (χ3n) is 3.38. The summed E-state index contributed by atoms with van der Waals surface area (Å²) in [5, 5.41) is 1.13. The van der Waals surface area contributed by atoms with E-state index in [9.17, 15) is 0 Å². The average Bonchev–Trinajstić information content (AvgIpc) is 3.08. The number of rotatable bonds is 2. The Balaban J connectivity index is 1.74. The van der Waals surface area contributed by atoms with E-state index < -0.39 is 0 Å². The number of aryl methyl sites for hydroxylation is 2. The minimum absolute atomic E-state index is 0.819. The molecule has 94 valence electrons. The molecule has 0 saturated carbocycles. The minimum Gasteiger partial charge on any atom is -0.348 e. The highest BCUT2D eigenvalue weighted by Gasteiger charge is 2.21. The summed E-state index contributed by atoms with van der Waals surface area (Å²) < 4.78 is 0. The zero-order valence-electron chi connectivity index (χ0n) is 10.3. The molecule has 0 fully saturated rings. The molecule has 3 aromatic rings. The quantitative estimate of drug-likeness (QED) is 0.777. The third kappa shape index (κ3) is 1.86. The maximum Gasteiger partial charge on any atom is 0.103 e. The standard InChI is InChI=1S/C14H12N4S/c1-2-9-3-4-11-14(13(9)16-5-1)18-12(19-11)6-10-7-15-8-17-10/h1-2,5,7-8H,3-4,6H2,(H,15,17). The molecular weight excluding hydrogens is 256 g/mol. The lowest BCUT2D eigenvalue weighted by Crippen LogP contribution is -2.03. The molecule has 1 aliphatic rings. The van der Waals surface area contributed by atoms with Gasteiger partial charge in [-0.2, -0.15) is 0 Å². The Bertz CT molecular complexity index is 715. The monoisotopic (exact) mass is 268 g/mol. The fourth-order valence-electron chi connectivity index (χ4n) is 2.48. The molecule has 0 aliphatic heterocycles. The Morgan fingerprint density at radius 1 is 1.26 bits per heavy atom. The van der Waals surface area contributed by atoms with Crippen LogP contribution in [0.25, 0.3) is 11.4 Å². The van der Waals surface area contributed by atoms with Crippen LogP contribution in [0.5, 0.6) is 0 Å². The first kappa shape index (κ1) is 10.9. The van der Waals surface area contributed by atoms with Crippen molar-refractivity contribution in [1.29, 1.82) is 0 Å². The van der Waals surface area contributed by atoms with Gasteiger partial charge in [0.25, 0.3) is 0 Å². The van der Waals surface area contributed by atoms with E-state index in [1.807, 2.05) is 18.5 Å². The fraction of sp³-hybridized carbons (Fsp3) is 0.214. The first-order chi connectivity index (χ1) is 9.40. The maximum absolute atomic E-state index is 4.78. The summed E-state index contributed by atoms with van der Waals surface area (Å²) in [7, 11) is 0. The van der Waals surface area contributed by atoms with Gasteiger partial charge in [0, 0.05) is 29.4 Å². The molecule has 0 bridgehead atoms. The fourth-order valence-corrected chi connectivity index (χ4v) is 3.57. The van der Waals surface area contributed by atoms with Crippen molar-refractivity contribution in [2.75, 3.05) is 0 Å². The molecule has 5 heteroatoms. The van der Waals surface area contributed by atoms with Crippen LogP contribution < -0.4 is 0 Å². The van der Waals surface area contributed by atoms with Crippen molar-refractivity contribution in [3.63, 3.8) is 0 Å². The Labute approximate surface area is 114 Å². The van der Waals surface area contributed by atoms with E-state index in [1.165, 1.54) is 10.4 Å². The number of pyridine rings is 1. The van der Waals surface area contributed by atoms with E-state index in [0.29, 0.717) is 0 Å². The summed E-state index contributed by atoms with van der Waals surface area (Å²) in [5.74, 6) is 0. The number of imidazole rings is 1. The number of H-pyrrole nitrogens is 1. The summed E-state index contributed by atoms with van der Waals surface area (Å²) in [4.78, 5) is 17.8. The van der Waals surface area contributed by atoms with Gasteiger partial charge in [-0.25, -0.2) is 9.97 Å². The number of aromatic nitrogens is 4. The van der Waals surface area contributed by atoms with Gasteiger partial charge in [-0.05, 0) is 24.5 Å². The van der Waals surface area contributed by atoms with Gasteiger partial charge in [-0.15, -0.1) is 11.3 Å². The molecule has 0 spiro atoms. The molecule has 3 heterocycles. The van der Waals surface area contributed by atoms with Gasteiger partial charge in [0.05, 0.1) is 17.0 Å². The van der Waals surface area contributed by atoms with E-state index >= 15 is 0 Å². The minimum atomic E-state index is 0.819. The van der Waals surface area contributed by atoms with Gasteiger partial charge in [-0.1, -0.05) is 6.07 Å². The van der Waals surface area contributed by atoms with Gasteiger partial charge < -0.3 is 4.98 Å². The molecule has 1 N–H and O–H groups in total. The normalized spacial score (nSPS) is 13.1. The second kappa shape index (κ2) is 4.28. The Morgan fingerprint density at radius 2 is 2.26 bits per heavy atom. The van der Waals surface area contributed by atoms with Crippen LogP contribution in [0.4, 0.5) is 0 Å². The smallest absolute Gasteiger partial charge is 0.103 e. The van der Waals surface area contributed by atoms with Gasteiger partial charge in [0.15, 0.2) is 0 Å². The molecule has 0 amide bonds. The largest absolute Gasteiger partial charge is 0.348 e. The molecule has 0 aromatic carbocycles. The zero-order chi connectivity index (χ0) is 12.7. The van der Waals surface area contributed by atoms with E-state index in [2.05, 4.69) is 21.0 Å². The van der Waals surface area contributed by atoms with Crippen molar-refractivity contribution >= 4 is 11.3 Å². The number of nitrogens with one attached hydrogen (secondary N) is 1. The van der Waals surface area contributed by atoms with Gasteiger partial charge >= 0.3 is 0 Å². The first-order valence-electron chi connectivity index (χ1n) is 6.30. The lowest BCUT2D eigenvalue weighted by Gasteiger charge is -2.12. The van der Waals surface area contributed by atoms with Crippen LogP contribution in [0.1, 0.15) is 21.1 Å². The molecule has 4 nitrogen and oxygen atoms in total. The van der Waals surface area contributed by atoms with Crippen LogP contribution in [0.2, 0.25) is 0 Å². The van der Waals surface area contributed by atoms with Crippen molar-refractivity contribution in [2.45, 2.75) is 19.3 Å². The van der Waals surface area contributed by atoms with Crippen molar-refractivity contribution in [1.82, 2.24) is 19.9 Å². The molecule has 0 atom stereocenters. The first-order valence-corrected chi connectivity index (χ1v) is 7.12. The predicted octanol–water partition coefficient (Wildman–Crippen LogP) is 2.62. The van der Waals surface area contributed by atoms with Gasteiger partial charge in [-0.3, -0.25) is 4.98 Å². The van der Waals surface area contributed by atoms with Crippen LogP contribution in [-0.4, -0.2) is 19.9 Å². The highest BCUT2D eigenvalue weighted by atomic mass is 32.1. The maximum atomic E-state index is 4.78. The summed E-state index contributed by atoms with van der Waals surface area (Å²) in [6.07, 6.45) is 8.38. The van der Waals surface area contributed by atoms with Crippen molar-refractivity contribution < 1.29 is 0 Å². The van der Waals surface area contributed by atoms with E-state index in [1.54, 1.807) is 17.7 Å². The van der Waals surface area contributed by atoms with Crippen molar-refractivity contribution in [3.05, 3.63) is 52.0 Å². The van der Waals surface area contributed by atoms with Crippen LogP contribution in [0.3, 0.4) is 0 Å². The highest BCUT2D eigenvalue weighted by Crippen LogP contribution is 2.35. The van der Waals surface area contributed by atoms with Gasteiger partial charge in [0.2, 0.25) is 0 Å². The second-order valence-electron chi connectivity index (χ2n) is 4.64. The molecular formula is C14H12N4S. The average molecular weight is 268 g/mol. The van der Waals surface area contributed by atoms with E-state index in [0.717, 1.165) is 41.4 Å². The molecule has 0 saturated heterocycles. The number of hydrogen-bond donors (Lipinski definition) is 1. The SMILES string of the molecule is c1cnc2c(c1)CCc1sc(Cc3cnc[nH]3)nc1-2. The number of nitrogens with zero attached hydrogens (tertiary/aromatic N) is 3. The van der Waals surface area contributed by atoms with E-state index in [-0.39, 0.29) is 0 Å². The Hall–Kier alpha value is -2.01. The summed E-state index contributed by atoms with van der Waals surface area (Å²) in [6.45, 7) is 0. The Kier molecular flexibility index (Phi) is 2.45. The lowest BCUT2D eigenvalue weighted by atomic mass is 9.98. The summed E-state index contributed by atoms with van der Waals surface area (Å²) >= 11 is 1.80. The van der Waals surface area contributed by atoms with Crippen LogP contribution in [-0.2, 0) is 19.3 Å². The molecule has 3 aromatic heterocycles.